The molecule has 0 saturated heterocycles. The molecule has 0 aliphatic heterocycles. The minimum absolute atomic E-state index is 0.0692. The van der Waals surface area contributed by atoms with Crippen LogP contribution in [-0.4, -0.2) is 16.7 Å². The smallest absolute Gasteiger partial charge is 0.267 e. The van der Waals surface area contributed by atoms with Crippen molar-refractivity contribution in [2.75, 3.05) is 5.32 Å². The van der Waals surface area contributed by atoms with Crippen LogP contribution in [0.3, 0.4) is 0 Å². The molecule has 0 aliphatic carbocycles. The predicted octanol–water partition coefficient (Wildman–Crippen LogP) is 4.77. The van der Waals surface area contributed by atoms with Crippen LogP contribution in [0.5, 0.6) is 0 Å². The lowest BCUT2D eigenvalue weighted by Gasteiger charge is -1.98. The highest BCUT2D eigenvalue weighted by atomic mass is 32.1. The van der Waals surface area contributed by atoms with Crippen molar-refractivity contribution >= 4 is 39.5 Å². The fourth-order valence-electron chi connectivity index (χ4n) is 2.16. The van der Waals surface area contributed by atoms with Gasteiger partial charge in [-0.3, -0.25) is 14.9 Å². The molecule has 0 bridgehead atoms. The highest BCUT2D eigenvalue weighted by molar-refractivity contribution is 7.18. The Morgan fingerprint density at radius 3 is 2.42 bits per heavy atom. The number of hydrogen-bond donors (Lipinski definition) is 1. The van der Waals surface area contributed by atoms with E-state index in [1.54, 1.807) is 25.1 Å². The number of rotatable bonds is 4. The van der Waals surface area contributed by atoms with Gasteiger partial charge in [-0.05, 0) is 36.8 Å². The summed E-state index contributed by atoms with van der Waals surface area (Å²) in [5.41, 5.74) is 1.46. The third-order valence-electron chi connectivity index (χ3n) is 3.30. The Labute approximate surface area is 146 Å². The lowest BCUT2D eigenvalue weighted by atomic mass is 10.2. The van der Waals surface area contributed by atoms with Crippen molar-refractivity contribution in [2.24, 2.45) is 0 Å². The van der Waals surface area contributed by atoms with Crippen molar-refractivity contribution in [3.63, 3.8) is 0 Å². The summed E-state index contributed by atoms with van der Waals surface area (Å²) in [6.07, 6.45) is 0. The van der Waals surface area contributed by atoms with Gasteiger partial charge in [-0.15, -0.1) is 11.3 Å². The van der Waals surface area contributed by atoms with Gasteiger partial charge in [0.05, 0.1) is 15.4 Å². The van der Waals surface area contributed by atoms with Crippen LogP contribution in [0.2, 0.25) is 0 Å². The molecule has 2 heterocycles. The fraction of sp³-hybridized carbons (Fsp3) is 0.118. The Kier molecular flexibility index (Phi) is 4.55. The number of halogens is 1. The molecule has 3 aromatic rings. The molecule has 7 heteroatoms. The molecule has 0 radical (unpaired) electrons. The van der Waals surface area contributed by atoms with Gasteiger partial charge in [0.2, 0.25) is 0 Å². The SMILES string of the molecule is CC(=O)c1sc(NC(=O)c2ccc(-c3ccc(F)cc3)s2)nc1C. The van der Waals surface area contributed by atoms with Crippen LogP contribution in [-0.2, 0) is 0 Å². The zero-order chi connectivity index (χ0) is 17.3. The molecular weight excluding hydrogens is 347 g/mol. The molecule has 2 aromatic heterocycles. The van der Waals surface area contributed by atoms with Crippen LogP contribution < -0.4 is 5.32 Å². The van der Waals surface area contributed by atoms with Gasteiger partial charge in [0, 0.05) is 11.8 Å². The fourth-order valence-corrected chi connectivity index (χ4v) is 3.93. The second kappa shape index (κ2) is 6.62. The molecule has 1 N–H and O–H groups in total. The Morgan fingerprint density at radius 1 is 1.08 bits per heavy atom. The molecule has 0 saturated carbocycles. The van der Waals surface area contributed by atoms with Crippen molar-refractivity contribution in [3.8, 4) is 10.4 Å². The number of aryl methyl sites for hydroxylation is 1. The first-order valence-electron chi connectivity index (χ1n) is 7.09. The number of ketones is 1. The maximum atomic E-state index is 13.0. The number of hydrogen-bond acceptors (Lipinski definition) is 5. The molecule has 1 aromatic carbocycles. The van der Waals surface area contributed by atoms with Crippen LogP contribution in [0.15, 0.2) is 36.4 Å². The Hall–Kier alpha value is -2.38. The maximum absolute atomic E-state index is 13.0. The average Bonchev–Trinajstić information content (AvgIpc) is 3.15. The normalized spacial score (nSPS) is 10.6. The van der Waals surface area contributed by atoms with Gasteiger partial charge in [-0.1, -0.05) is 23.5 Å². The summed E-state index contributed by atoms with van der Waals surface area (Å²) >= 11 is 2.48. The number of thiazole rings is 1. The first-order valence-corrected chi connectivity index (χ1v) is 8.73. The zero-order valence-electron chi connectivity index (χ0n) is 12.9. The van der Waals surface area contributed by atoms with Gasteiger partial charge >= 0.3 is 0 Å². The van der Waals surface area contributed by atoms with Crippen molar-refractivity contribution in [1.82, 2.24) is 4.98 Å². The molecule has 122 valence electrons. The topological polar surface area (TPSA) is 59.1 Å². The number of Topliss-reactive ketones (excluding diaryl/α,β-unsaturated/α-hetero) is 1. The largest absolute Gasteiger partial charge is 0.297 e. The van der Waals surface area contributed by atoms with E-state index in [9.17, 15) is 14.0 Å². The van der Waals surface area contributed by atoms with E-state index in [1.165, 1.54) is 41.7 Å². The van der Waals surface area contributed by atoms with Crippen LogP contribution in [0.4, 0.5) is 9.52 Å². The molecule has 0 atom stereocenters. The van der Waals surface area contributed by atoms with E-state index >= 15 is 0 Å². The Balaban J connectivity index is 1.77. The molecular formula is C17H13FN2O2S2. The standard InChI is InChI=1S/C17H13FN2O2S2/c1-9-15(10(2)21)24-17(19-9)20-16(22)14-8-7-13(23-14)11-3-5-12(18)6-4-11/h3-8H,1-2H3,(H,19,20,22). The van der Waals surface area contributed by atoms with Gasteiger partial charge < -0.3 is 0 Å². The van der Waals surface area contributed by atoms with Gasteiger partial charge in [-0.25, -0.2) is 9.37 Å². The van der Waals surface area contributed by atoms with Gasteiger partial charge in [0.1, 0.15) is 5.82 Å². The molecule has 1 amide bonds. The van der Waals surface area contributed by atoms with Gasteiger partial charge in [0.15, 0.2) is 10.9 Å². The van der Waals surface area contributed by atoms with Crippen LogP contribution >= 0.6 is 22.7 Å². The van der Waals surface area contributed by atoms with E-state index in [0.717, 1.165) is 10.4 Å². The number of carbonyl (C=O) groups excluding carboxylic acids is 2. The van der Waals surface area contributed by atoms with Crippen molar-refractivity contribution in [3.05, 3.63) is 57.7 Å². The van der Waals surface area contributed by atoms with Gasteiger partial charge in [0.25, 0.3) is 5.91 Å². The molecule has 0 fully saturated rings. The molecule has 0 spiro atoms. The molecule has 0 aliphatic rings. The summed E-state index contributed by atoms with van der Waals surface area (Å²) < 4.78 is 13.0. The van der Waals surface area contributed by atoms with Gasteiger partial charge in [-0.2, -0.15) is 0 Å². The van der Waals surface area contributed by atoms with E-state index < -0.39 is 0 Å². The van der Waals surface area contributed by atoms with Crippen molar-refractivity contribution < 1.29 is 14.0 Å². The number of benzene rings is 1. The molecule has 0 unspecified atom stereocenters. The zero-order valence-corrected chi connectivity index (χ0v) is 14.6. The first-order chi connectivity index (χ1) is 11.4. The lowest BCUT2D eigenvalue weighted by Crippen LogP contribution is -2.09. The second-order valence-corrected chi connectivity index (χ2v) is 7.20. The molecule has 4 nitrogen and oxygen atoms in total. The molecule has 24 heavy (non-hydrogen) atoms. The number of carbonyl (C=O) groups is 2. The Morgan fingerprint density at radius 2 is 1.79 bits per heavy atom. The number of nitrogens with one attached hydrogen (secondary N) is 1. The summed E-state index contributed by atoms with van der Waals surface area (Å²) in [6, 6.07) is 9.65. The number of amides is 1. The minimum Gasteiger partial charge on any atom is -0.297 e. The van der Waals surface area contributed by atoms with Crippen molar-refractivity contribution in [1.29, 1.82) is 0 Å². The average molecular weight is 360 g/mol. The lowest BCUT2D eigenvalue weighted by molar-refractivity contribution is 0.101. The van der Waals surface area contributed by atoms with E-state index in [-0.39, 0.29) is 17.5 Å². The van der Waals surface area contributed by atoms with Crippen LogP contribution in [0.25, 0.3) is 10.4 Å². The van der Waals surface area contributed by atoms with Crippen LogP contribution in [0.1, 0.15) is 32.0 Å². The summed E-state index contributed by atoms with van der Waals surface area (Å²) in [5, 5.41) is 3.12. The maximum Gasteiger partial charge on any atom is 0.267 e. The number of aromatic nitrogens is 1. The van der Waals surface area contributed by atoms with E-state index in [4.69, 9.17) is 0 Å². The third kappa shape index (κ3) is 3.42. The summed E-state index contributed by atoms with van der Waals surface area (Å²) in [4.78, 5) is 29.9. The van der Waals surface area contributed by atoms with E-state index in [1.807, 2.05) is 6.07 Å². The minimum atomic E-state index is -0.298. The number of anilines is 1. The highest BCUT2D eigenvalue weighted by Crippen LogP contribution is 2.29. The van der Waals surface area contributed by atoms with Crippen LogP contribution in [0, 0.1) is 12.7 Å². The quantitative estimate of drug-likeness (QED) is 0.682. The number of nitrogens with zero attached hydrogens (tertiary/aromatic N) is 1. The Bertz CT molecular complexity index is 913. The highest BCUT2D eigenvalue weighted by Gasteiger charge is 2.16. The summed E-state index contributed by atoms with van der Waals surface area (Å²) in [7, 11) is 0. The predicted molar refractivity (Wildman–Crippen MR) is 94.5 cm³/mol. The summed E-state index contributed by atoms with van der Waals surface area (Å²) in [6.45, 7) is 3.21. The second-order valence-electron chi connectivity index (χ2n) is 5.11. The first kappa shape index (κ1) is 16.5. The monoisotopic (exact) mass is 360 g/mol. The molecule has 3 rings (SSSR count). The summed E-state index contributed by atoms with van der Waals surface area (Å²) in [5.74, 6) is -0.647. The van der Waals surface area contributed by atoms with E-state index in [0.29, 0.717) is 20.6 Å². The number of thiophene rings is 1. The van der Waals surface area contributed by atoms with Crippen molar-refractivity contribution in [2.45, 2.75) is 13.8 Å². The third-order valence-corrected chi connectivity index (χ3v) is 5.60. The van der Waals surface area contributed by atoms with E-state index in [2.05, 4.69) is 10.3 Å².